The third-order valence-corrected chi connectivity index (χ3v) is 22.7. The molecule has 0 bridgehead atoms. The number of rotatable bonds is 16. The standard InChI is InChI=1S/C24H21ClN6O2.C24H20F2N6O2.C24H21FN6O2.C24H22N6O2/c1-13(2)31-16(9-14-5-4-8-18(25)19(14)24(31)33)11-30-23-20(22(26)27-12-28-23)21(29-30)15-6-3-7-17(32)10-15;1-12(2)32-16(7-13-4-3-5-18(26)19(13)24(32)34)10-31-23-20(22(27)28-11-29-23)21(30-31)14-6-15(25)9-17(33)8-14;1-13(2)31-17(8-14-5-3-4-6-19(14)24(31)33)11-30-23-20(22(26)27-12-28-23)21(29-30)15-7-16(25)10-18(32)9-15;1-14(2)30-17(10-15-6-3-4-9-19(15)24(30)32)12-29-23-20(22(25)26-13-27-23)21(28-29)16-7-5-8-18(31)11-16/h3-10,12-13,32H,11H2,1-2H3,(H2,26,27,28);3-9,11-12,33H,10H2,1-2H3,(H2,27,28,29);3-10,12-13,32H,11H2,1-2H3,(H2,26,27,28);3-11,13-14,31H,12H2,1-2H3,(H2,25,26,27). The summed E-state index contributed by atoms with van der Waals surface area (Å²) in [5, 5.41) is 65.7. The Labute approximate surface area is 751 Å². The number of hydrogen-bond acceptors (Lipinski definition) is 24. The minimum Gasteiger partial charge on any atom is -0.508 e. The molecule has 20 aromatic rings. The number of hydrogen-bond donors (Lipinski definition) is 8. The summed E-state index contributed by atoms with van der Waals surface area (Å²) in [5.74, 6) is -1.16. The van der Waals surface area contributed by atoms with Gasteiger partial charge in [-0.05, 0) is 174 Å². The van der Waals surface area contributed by atoms with Crippen LogP contribution in [0.5, 0.6) is 23.0 Å². The smallest absolute Gasteiger partial charge is 0.261 e. The van der Waals surface area contributed by atoms with Crippen molar-refractivity contribution in [2.45, 2.75) is 106 Å². The Bertz CT molecular complexity index is 8220. The number of aromatic nitrogens is 20. The van der Waals surface area contributed by atoms with Gasteiger partial charge in [0.15, 0.2) is 22.6 Å². The summed E-state index contributed by atoms with van der Waals surface area (Å²) in [7, 11) is 0. The molecule has 0 unspecified atom stereocenters. The maximum absolute atomic E-state index is 14.4. The second-order valence-corrected chi connectivity index (χ2v) is 33.0. The van der Waals surface area contributed by atoms with Crippen LogP contribution in [0.2, 0.25) is 5.02 Å². The summed E-state index contributed by atoms with van der Waals surface area (Å²) < 4.78 is 55.8. The van der Waals surface area contributed by atoms with Gasteiger partial charge in [-0.3, -0.25) is 19.2 Å². The van der Waals surface area contributed by atoms with Crippen molar-refractivity contribution in [2.75, 3.05) is 22.9 Å². The SMILES string of the molecule is CC(C)n1c(Cn2nc(-c3cc(O)cc(F)c3)c3c(N)ncnc32)cc2cccc(F)c2c1=O.CC(C)n1c(Cn2nc(-c3cc(O)cc(F)c3)c3c(N)ncnc32)cc2ccccc2c1=O.CC(C)n1c(Cn2nc(-c3cccc(O)c3)c3c(N)ncnc32)cc2cccc(Cl)c2c1=O.CC(C)n1c(Cn2nc(-c3cccc(O)c3)c3c(N)ncnc32)cc2ccccc2c1=O. The maximum atomic E-state index is 14.4. The number of phenols is 4. The molecule has 0 radical (unpaired) electrons. The van der Waals surface area contributed by atoms with Gasteiger partial charge < -0.3 is 61.6 Å². The van der Waals surface area contributed by atoms with Gasteiger partial charge in [0.1, 0.15) is 112 Å². The van der Waals surface area contributed by atoms with Crippen LogP contribution in [0.3, 0.4) is 0 Å². The molecule has 0 amide bonds. The monoisotopic (exact) mass is 1790 g/mol. The van der Waals surface area contributed by atoms with Gasteiger partial charge in [-0.25, -0.2) is 71.8 Å². The fourth-order valence-electron chi connectivity index (χ4n) is 16.9. The van der Waals surface area contributed by atoms with E-state index in [4.69, 9.17) is 44.7 Å². The van der Waals surface area contributed by atoms with Gasteiger partial charge in [-0.1, -0.05) is 96.5 Å². The summed E-state index contributed by atoms with van der Waals surface area (Å²) in [6, 6.07) is 52.9. The molecule has 0 aliphatic carbocycles. The first-order valence-corrected chi connectivity index (χ1v) is 42.1. The van der Waals surface area contributed by atoms with E-state index in [9.17, 15) is 52.8 Å². The molecule has 132 heavy (non-hydrogen) atoms. The van der Waals surface area contributed by atoms with Crippen molar-refractivity contribution in [3.63, 3.8) is 0 Å². The number of halogens is 4. The summed E-state index contributed by atoms with van der Waals surface area (Å²) >= 11 is 6.35. The molecular formula is C96H84ClF3N24O8. The fraction of sp³-hybridized carbons (Fsp3) is 0.167. The quantitative estimate of drug-likeness (QED) is 0.0445. The van der Waals surface area contributed by atoms with Crippen LogP contribution in [0.4, 0.5) is 36.4 Å². The van der Waals surface area contributed by atoms with E-state index in [-0.39, 0.29) is 112 Å². The zero-order valence-electron chi connectivity index (χ0n) is 72.1. The third-order valence-electron chi connectivity index (χ3n) is 22.4. The average Bonchev–Trinajstić information content (AvgIpc) is 1.66. The van der Waals surface area contributed by atoms with Crippen LogP contribution in [0.1, 0.15) is 102 Å². The molecule has 0 aliphatic heterocycles. The average molecular weight is 1790 g/mol. The summed E-state index contributed by atoms with van der Waals surface area (Å²) in [5.41, 5.74) is 32.5. The first-order chi connectivity index (χ1) is 63.4. The lowest BCUT2D eigenvalue weighted by Gasteiger charge is -2.18. The van der Waals surface area contributed by atoms with Gasteiger partial charge in [0.2, 0.25) is 0 Å². The van der Waals surface area contributed by atoms with Crippen LogP contribution in [0.15, 0.2) is 239 Å². The predicted molar refractivity (Wildman–Crippen MR) is 503 cm³/mol. The molecule has 0 saturated carbocycles. The summed E-state index contributed by atoms with van der Waals surface area (Å²) in [4.78, 5) is 86.9. The zero-order valence-corrected chi connectivity index (χ0v) is 72.9. The molecular weight excluding hydrogens is 1710 g/mol. The Morgan fingerprint density at radius 3 is 0.955 bits per heavy atom. The Kier molecular flexibility index (Phi) is 23.5. The van der Waals surface area contributed by atoms with E-state index in [1.165, 1.54) is 64.9 Å². The number of aromatic hydroxyl groups is 4. The highest BCUT2D eigenvalue weighted by molar-refractivity contribution is 6.35. The summed E-state index contributed by atoms with van der Waals surface area (Å²) in [6.07, 6.45) is 5.41. The lowest BCUT2D eigenvalue weighted by Crippen LogP contribution is -2.27. The highest BCUT2D eigenvalue weighted by Crippen LogP contribution is 2.39. The van der Waals surface area contributed by atoms with E-state index in [1.807, 2.05) is 146 Å². The molecule has 664 valence electrons. The first kappa shape index (κ1) is 87.4. The Hall–Kier alpha value is -16.7. The van der Waals surface area contributed by atoms with E-state index in [1.54, 1.807) is 88.4 Å². The van der Waals surface area contributed by atoms with Crippen molar-refractivity contribution >= 4 is 122 Å². The predicted octanol–water partition coefficient (Wildman–Crippen LogP) is 16.0. The molecule has 8 aromatic carbocycles. The molecule has 36 heteroatoms. The third kappa shape index (κ3) is 16.6. The number of nitrogens with zero attached hydrogens (tertiary/aromatic N) is 20. The van der Waals surface area contributed by atoms with Crippen LogP contribution in [0, 0.1) is 17.5 Å². The fourth-order valence-corrected chi connectivity index (χ4v) is 17.2. The van der Waals surface area contributed by atoms with Gasteiger partial charge in [0.25, 0.3) is 22.2 Å². The molecule has 0 spiro atoms. The van der Waals surface area contributed by atoms with Crippen LogP contribution < -0.4 is 45.2 Å². The first-order valence-electron chi connectivity index (χ1n) is 41.7. The normalized spacial score (nSPS) is 11.6. The topological polar surface area (TPSA) is 447 Å². The Morgan fingerprint density at radius 2 is 0.606 bits per heavy atom. The van der Waals surface area contributed by atoms with Crippen LogP contribution >= 0.6 is 11.6 Å². The molecule has 20 rings (SSSR count). The van der Waals surface area contributed by atoms with E-state index < -0.39 is 23.0 Å². The lowest BCUT2D eigenvalue weighted by atomic mass is 10.1. The van der Waals surface area contributed by atoms with Crippen molar-refractivity contribution in [2.24, 2.45) is 0 Å². The van der Waals surface area contributed by atoms with Gasteiger partial charge in [0, 0.05) is 92.1 Å². The van der Waals surface area contributed by atoms with Gasteiger partial charge in [-0.15, -0.1) is 0 Å². The number of nitrogens with two attached hydrogens (primary N) is 4. The van der Waals surface area contributed by atoms with Gasteiger partial charge >= 0.3 is 0 Å². The number of fused-ring (bicyclic) bond motifs is 8. The van der Waals surface area contributed by atoms with Crippen molar-refractivity contribution in [1.29, 1.82) is 0 Å². The highest BCUT2D eigenvalue weighted by Gasteiger charge is 2.28. The largest absolute Gasteiger partial charge is 0.508 e. The zero-order chi connectivity index (χ0) is 93.1. The molecule has 0 fully saturated rings. The van der Waals surface area contributed by atoms with Crippen LogP contribution in [-0.2, 0) is 26.2 Å². The number of benzene rings is 8. The second-order valence-electron chi connectivity index (χ2n) is 32.6. The van der Waals surface area contributed by atoms with Gasteiger partial charge in [0.05, 0.1) is 63.5 Å². The molecule has 0 atom stereocenters. The molecule has 12 aromatic heterocycles. The highest BCUT2D eigenvalue weighted by atomic mass is 35.5. The van der Waals surface area contributed by atoms with Crippen molar-refractivity contribution in [1.82, 2.24) is 97.3 Å². The minimum absolute atomic E-state index is 0.0211. The summed E-state index contributed by atoms with van der Waals surface area (Å²) in [6.45, 7) is 16.4. The molecule has 12 heterocycles. The van der Waals surface area contributed by atoms with Crippen molar-refractivity contribution < 1.29 is 33.6 Å². The van der Waals surface area contributed by atoms with E-state index in [0.29, 0.717) is 128 Å². The Morgan fingerprint density at radius 1 is 0.311 bits per heavy atom. The Balaban J connectivity index is 0.000000123. The molecule has 32 nitrogen and oxygen atoms in total. The second kappa shape index (κ2) is 35.5. The van der Waals surface area contributed by atoms with E-state index in [2.05, 4.69) is 50.1 Å². The molecule has 12 N–H and O–H groups in total. The number of phenolic OH excluding ortho intramolecular Hbond substituents is 4. The van der Waals surface area contributed by atoms with Gasteiger partial charge in [-0.2, -0.15) is 20.4 Å². The number of pyridine rings is 4. The number of nitrogen functional groups attached to an aromatic ring is 4. The van der Waals surface area contributed by atoms with Crippen molar-refractivity contribution in [3.05, 3.63) is 306 Å². The maximum Gasteiger partial charge on any atom is 0.261 e. The van der Waals surface area contributed by atoms with E-state index >= 15 is 0 Å². The molecule has 0 saturated heterocycles. The van der Waals surface area contributed by atoms with Crippen LogP contribution in [0.25, 0.3) is 132 Å². The number of anilines is 4. The van der Waals surface area contributed by atoms with E-state index in [0.717, 1.165) is 45.4 Å². The lowest BCUT2D eigenvalue weighted by molar-refractivity contribution is 0.468. The molecule has 0 aliphatic rings. The van der Waals surface area contributed by atoms with Crippen LogP contribution in [-0.4, -0.2) is 118 Å². The van der Waals surface area contributed by atoms with Crippen molar-refractivity contribution in [3.8, 4) is 68.0 Å². The minimum atomic E-state index is -0.640.